The summed E-state index contributed by atoms with van der Waals surface area (Å²) in [6.45, 7) is 3.38. The van der Waals surface area contributed by atoms with Crippen LogP contribution in [-0.4, -0.2) is 39.2 Å². The number of carbonyl (C=O) groups excluding carboxylic acids is 1. The van der Waals surface area contributed by atoms with E-state index < -0.39 is 6.10 Å². The van der Waals surface area contributed by atoms with E-state index in [-0.39, 0.29) is 17.4 Å². The number of hydrogen-bond acceptors (Lipinski definition) is 4. The molecule has 1 atom stereocenters. The van der Waals surface area contributed by atoms with E-state index in [1.807, 2.05) is 12.1 Å². The van der Waals surface area contributed by atoms with E-state index in [2.05, 4.69) is 19.1 Å². The quantitative estimate of drug-likeness (QED) is 0.697. The van der Waals surface area contributed by atoms with Gasteiger partial charge in [-0.15, -0.1) is 0 Å². The highest BCUT2D eigenvalue weighted by molar-refractivity contribution is 5.95. The SMILES string of the molecule is CCCC(O)c1ccc(C2CCN(C(=O)c3ccc(O)c(O)c3)CC2)cc1. The van der Waals surface area contributed by atoms with E-state index in [9.17, 15) is 20.1 Å². The number of aromatic hydroxyl groups is 2. The lowest BCUT2D eigenvalue weighted by molar-refractivity contribution is 0.0712. The van der Waals surface area contributed by atoms with Crippen molar-refractivity contribution < 1.29 is 20.1 Å². The molecule has 0 bridgehead atoms. The summed E-state index contributed by atoms with van der Waals surface area (Å²) in [5.41, 5.74) is 2.59. The first-order valence-electron chi connectivity index (χ1n) is 9.58. The molecule has 3 N–H and O–H groups in total. The van der Waals surface area contributed by atoms with Crippen LogP contribution in [0.3, 0.4) is 0 Å². The van der Waals surface area contributed by atoms with Crippen molar-refractivity contribution in [2.75, 3.05) is 13.1 Å². The summed E-state index contributed by atoms with van der Waals surface area (Å²) in [7, 11) is 0. The fraction of sp³-hybridized carbons (Fsp3) is 0.409. The van der Waals surface area contributed by atoms with Gasteiger partial charge in [-0.25, -0.2) is 0 Å². The average Bonchev–Trinajstić information content (AvgIpc) is 2.70. The van der Waals surface area contributed by atoms with Crippen molar-refractivity contribution in [1.29, 1.82) is 0 Å². The van der Waals surface area contributed by atoms with Gasteiger partial charge in [0, 0.05) is 18.7 Å². The summed E-state index contributed by atoms with van der Waals surface area (Å²) in [5.74, 6) is -0.222. The van der Waals surface area contributed by atoms with Gasteiger partial charge in [0.1, 0.15) is 0 Å². The summed E-state index contributed by atoms with van der Waals surface area (Å²) < 4.78 is 0. The molecule has 1 unspecified atom stereocenters. The van der Waals surface area contributed by atoms with Gasteiger partial charge in [-0.3, -0.25) is 4.79 Å². The molecule has 1 saturated heterocycles. The molecule has 1 aliphatic rings. The van der Waals surface area contributed by atoms with Crippen molar-refractivity contribution in [2.24, 2.45) is 0 Å². The van der Waals surface area contributed by atoms with E-state index in [1.54, 1.807) is 4.90 Å². The van der Waals surface area contributed by atoms with E-state index in [0.29, 0.717) is 24.6 Å². The van der Waals surface area contributed by atoms with Crippen LogP contribution in [0.15, 0.2) is 42.5 Å². The van der Waals surface area contributed by atoms with Gasteiger partial charge >= 0.3 is 0 Å². The third kappa shape index (κ3) is 4.42. The molecule has 5 heteroatoms. The number of phenolic OH excluding ortho intramolecular Hbond substituents is 2. The summed E-state index contributed by atoms with van der Waals surface area (Å²) >= 11 is 0. The van der Waals surface area contributed by atoms with Crippen molar-refractivity contribution >= 4 is 5.91 Å². The number of amides is 1. The first kappa shape index (κ1) is 19.2. The van der Waals surface area contributed by atoms with Crippen LogP contribution in [0.2, 0.25) is 0 Å². The zero-order valence-corrected chi connectivity index (χ0v) is 15.6. The Labute approximate surface area is 159 Å². The highest BCUT2D eigenvalue weighted by atomic mass is 16.3. The molecular formula is C22H27NO4. The Bertz CT molecular complexity index is 779. The minimum atomic E-state index is -0.398. The van der Waals surface area contributed by atoms with Gasteiger partial charge in [0.25, 0.3) is 5.91 Å². The normalized spacial score (nSPS) is 16.3. The van der Waals surface area contributed by atoms with Crippen molar-refractivity contribution in [3.63, 3.8) is 0 Å². The minimum Gasteiger partial charge on any atom is -0.504 e. The van der Waals surface area contributed by atoms with Gasteiger partial charge in [0.05, 0.1) is 6.10 Å². The van der Waals surface area contributed by atoms with Gasteiger partial charge in [-0.05, 0) is 54.5 Å². The molecule has 2 aromatic carbocycles. The van der Waals surface area contributed by atoms with Crippen LogP contribution in [0.1, 0.15) is 66.1 Å². The monoisotopic (exact) mass is 369 g/mol. The van der Waals surface area contributed by atoms with E-state index in [1.165, 1.54) is 23.8 Å². The second-order valence-electron chi connectivity index (χ2n) is 7.24. The Balaban J connectivity index is 1.59. The van der Waals surface area contributed by atoms with E-state index in [0.717, 1.165) is 31.2 Å². The fourth-order valence-electron chi connectivity index (χ4n) is 3.69. The molecule has 5 nitrogen and oxygen atoms in total. The highest BCUT2D eigenvalue weighted by Gasteiger charge is 2.25. The summed E-state index contributed by atoms with van der Waals surface area (Å²) in [4.78, 5) is 14.4. The number of likely N-dealkylation sites (tertiary alicyclic amines) is 1. The van der Waals surface area contributed by atoms with Crippen molar-refractivity contribution in [2.45, 2.75) is 44.6 Å². The lowest BCUT2D eigenvalue weighted by Gasteiger charge is -2.32. The number of carbonyl (C=O) groups is 1. The van der Waals surface area contributed by atoms with Crippen molar-refractivity contribution in [3.8, 4) is 11.5 Å². The third-order valence-electron chi connectivity index (χ3n) is 5.36. The van der Waals surface area contributed by atoms with Crippen molar-refractivity contribution in [3.05, 3.63) is 59.2 Å². The van der Waals surface area contributed by atoms with Crippen LogP contribution in [0.4, 0.5) is 0 Å². The molecule has 1 heterocycles. The maximum atomic E-state index is 12.6. The lowest BCUT2D eigenvalue weighted by atomic mass is 9.88. The zero-order valence-electron chi connectivity index (χ0n) is 15.6. The Morgan fingerprint density at radius 3 is 2.33 bits per heavy atom. The Morgan fingerprint density at radius 1 is 1.07 bits per heavy atom. The number of aliphatic hydroxyl groups is 1. The predicted octanol–water partition coefficient (Wildman–Crippen LogP) is 3.95. The molecule has 0 saturated carbocycles. The van der Waals surface area contributed by atoms with Gasteiger partial charge < -0.3 is 20.2 Å². The zero-order chi connectivity index (χ0) is 19.4. The topological polar surface area (TPSA) is 81.0 Å². The van der Waals surface area contributed by atoms with Crippen LogP contribution in [-0.2, 0) is 0 Å². The standard InChI is InChI=1S/C22H27NO4/c1-2-3-19(24)17-6-4-15(5-7-17)16-10-12-23(13-11-16)22(27)18-8-9-20(25)21(26)14-18/h4-9,14,16,19,24-26H,2-3,10-13H2,1H3. The number of aliphatic hydroxyl groups excluding tert-OH is 1. The maximum Gasteiger partial charge on any atom is 0.253 e. The molecule has 3 rings (SSSR count). The number of phenols is 2. The number of rotatable bonds is 5. The predicted molar refractivity (Wildman–Crippen MR) is 104 cm³/mol. The second kappa shape index (κ2) is 8.44. The maximum absolute atomic E-state index is 12.6. The third-order valence-corrected chi connectivity index (χ3v) is 5.36. The molecule has 0 aromatic heterocycles. The minimum absolute atomic E-state index is 0.123. The molecule has 0 aliphatic carbocycles. The molecule has 0 spiro atoms. The highest BCUT2D eigenvalue weighted by Crippen LogP contribution is 2.31. The first-order chi connectivity index (χ1) is 13.0. The average molecular weight is 369 g/mol. The Morgan fingerprint density at radius 2 is 1.74 bits per heavy atom. The van der Waals surface area contributed by atoms with Gasteiger partial charge in [-0.1, -0.05) is 37.6 Å². The number of benzene rings is 2. The summed E-state index contributed by atoms with van der Waals surface area (Å²) in [6, 6.07) is 12.4. The molecular weight excluding hydrogens is 342 g/mol. The second-order valence-corrected chi connectivity index (χ2v) is 7.24. The largest absolute Gasteiger partial charge is 0.504 e. The van der Waals surface area contributed by atoms with Gasteiger partial charge in [0.15, 0.2) is 11.5 Å². The number of hydrogen-bond donors (Lipinski definition) is 3. The smallest absolute Gasteiger partial charge is 0.253 e. The fourth-order valence-corrected chi connectivity index (χ4v) is 3.69. The first-order valence-corrected chi connectivity index (χ1v) is 9.58. The molecule has 0 radical (unpaired) electrons. The molecule has 1 aliphatic heterocycles. The van der Waals surface area contributed by atoms with Crippen LogP contribution in [0.5, 0.6) is 11.5 Å². The van der Waals surface area contributed by atoms with Crippen LogP contribution >= 0.6 is 0 Å². The molecule has 1 amide bonds. The van der Waals surface area contributed by atoms with Gasteiger partial charge in [0.2, 0.25) is 0 Å². The summed E-state index contributed by atoms with van der Waals surface area (Å²) in [5, 5.41) is 29.1. The van der Waals surface area contributed by atoms with E-state index >= 15 is 0 Å². The molecule has 2 aromatic rings. The summed E-state index contributed by atoms with van der Waals surface area (Å²) in [6.07, 6.45) is 3.09. The number of nitrogens with zero attached hydrogens (tertiary/aromatic N) is 1. The molecule has 144 valence electrons. The van der Waals surface area contributed by atoms with Crippen LogP contribution in [0.25, 0.3) is 0 Å². The van der Waals surface area contributed by atoms with Gasteiger partial charge in [-0.2, -0.15) is 0 Å². The van der Waals surface area contributed by atoms with Crippen LogP contribution in [0, 0.1) is 0 Å². The molecule has 27 heavy (non-hydrogen) atoms. The van der Waals surface area contributed by atoms with Crippen molar-refractivity contribution in [1.82, 2.24) is 4.90 Å². The van der Waals surface area contributed by atoms with E-state index in [4.69, 9.17) is 0 Å². The lowest BCUT2D eigenvalue weighted by Crippen LogP contribution is -2.37. The van der Waals surface area contributed by atoms with Crippen LogP contribution < -0.4 is 0 Å². The Hall–Kier alpha value is -2.53. The number of piperidine rings is 1. The molecule has 1 fully saturated rings. The Kier molecular flexibility index (Phi) is 6.01.